The lowest BCUT2D eigenvalue weighted by atomic mass is 10.2. The number of aromatic nitrogens is 1. The Hall–Kier alpha value is -1.93. The number of benzene rings is 2. The highest BCUT2D eigenvalue weighted by Gasteiger charge is 2.00. The fraction of sp³-hybridized carbons (Fsp3) is 0.125. The number of nitrogens with zero attached hydrogens (tertiary/aromatic N) is 1. The van der Waals surface area contributed by atoms with Gasteiger partial charge in [0.05, 0.1) is 0 Å². The van der Waals surface area contributed by atoms with Crippen LogP contribution in [0.15, 0.2) is 54.7 Å². The molecule has 1 aromatic heterocycles. The van der Waals surface area contributed by atoms with Gasteiger partial charge in [-0.3, -0.25) is 0 Å². The van der Waals surface area contributed by atoms with Crippen LogP contribution in [0.2, 0.25) is 5.02 Å². The van der Waals surface area contributed by atoms with Gasteiger partial charge in [-0.05, 0) is 42.0 Å². The molecule has 0 saturated heterocycles. The van der Waals surface area contributed by atoms with Gasteiger partial charge >= 0.3 is 0 Å². The van der Waals surface area contributed by atoms with E-state index in [9.17, 15) is 0 Å². The van der Waals surface area contributed by atoms with Crippen LogP contribution in [-0.2, 0) is 13.6 Å². The minimum absolute atomic E-state index is 0.773. The van der Waals surface area contributed by atoms with Crippen LogP contribution in [0.25, 0.3) is 10.9 Å². The standard InChI is InChI=1S/C16H15ClN2/c1-19-9-8-13-10-15(6-7-16(13)19)18-11-12-2-4-14(17)5-3-12/h2-10,18H,11H2,1H3. The molecule has 0 aliphatic heterocycles. The zero-order chi connectivity index (χ0) is 13.2. The first-order valence-electron chi connectivity index (χ1n) is 6.26. The van der Waals surface area contributed by atoms with E-state index < -0.39 is 0 Å². The normalized spacial score (nSPS) is 10.8. The highest BCUT2D eigenvalue weighted by molar-refractivity contribution is 6.30. The number of hydrogen-bond acceptors (Lipinski definition) is 1. The lowest BCUT2D eigenvalue weighted by Gasteiger charge is -2.07. The molecule has 0 fully saturated rings. The topological polar surface area (TPSA) is 17.0 Å². The molecule has 96 valence electrons. The maximum absolute atomic E-state index is 5.87. The maximum Gasteiger partial charge on any atom is 0.0479 e. The van der Waals surface area contributed by atoms with Crippen molar-refractivity contribution in [2.24, 2.45) is 7.05 Å². The predicted octanol–water partition coefficient (Wildman–Crippen LogP) is 4.44. The molecule has 1 heterocycles. The van der Waals surface area contributed by atoms with Crippen LogP contribution in [0, 0.1) is 0 Å². The number of nitrogens with one attached hydrogen (secondary N) is 1. The van der Waals surface area contributed by atoms with Gasteiger partial charge in [0.25, 0.3) is 0 Å². The van der Waals surface area contributed by atoms with E-state index in [1.165, 1.54) is 16.5 Å². The molecule has 0 aliphatic carbocycles. The van der Waals surface area contributed by atoms with Crippen LogP contribution >= 0.6 is 11.6 Å². The molecule has 0 spiro atoms. The summed E-state index contributed by atoms with van der Waals surface area (Å²) in [6, 6.07) is 16.5. The molecule has 0 radical (unpaired) electrons. The smallest absolute Gasteiger partial charge is 0.0479 e. The zero-order valence-electron chi connectivity index (χ0n) is 10.7. The van der Waals surface area contributed by atoms with Crippen LogP contribution in [0.1, 0.15) is 5.56 Å². The Balaban J connectivity index is 1.76. The summed E-state index contributed by atoms with van der Waals surface area (Å²) < 4.78 is 2.12. The van der Waals surface area contributed by atoms with Gasteiger partial charge in [0.2, 0.25) is 0 Å². The Bertz CT molecular complexity index is 698. The quantitative estimate of drug-likeness (QED) is 0.744. The number of halogens is 1. The average molecular weight is 271 g/mol. The molecule has 0 aliphatic rings. The molecule has 0 bridgehead atoms. The molecular formula is C16H15ClN2. The predicted molar refractivity (Wildman–Crippen MR) is 81.7 cm³/mol. The van der Waals surface area contributed by atoms with Gasteiger partial charge in [0, 0.05) is 41.4 Å². The fourth-order valence-electron chi connectivity index (χ4n) is 2.20. The second-order valence-corrected chi connectivity index (χ2v) is 5.12. The second-order valence-electron chi connectivity index (χ2n) is 4.68. The molecule has 2 aromatic carbocycles. The van der Waals surface area contributed by atoms with E-state index >= 15 is 0 Å². The molecule has 0 amide bonds. The molecule has 3 rings (SSSR count). The van der Waals surface area contributed by atoms with Gasteiger partial charge < -0.3 is 9.88 Å². The number of aryl methyl sites for hydroxylation is 1. The maximum atomic E-state index is 5.87. The van der Waals surface area contributed by atoms with Crippen molar-refractivity contribution in [1.29, 1.82) is 0 Å². The van der Waals surface area contributed by atoms with Gasteiger partial charge in [-0.25, -0.2) is 0 Å². The van der Waals surface area contributed by atoms with E-state index in [0.717, 1.165) is 17.3 Å². The van der Waals surface area contributed by atoms with Crippen LogP contribution in [0.3, 0.4) is 0 Å². The van der Waals surface area contributed by atoms with Crippen molar-refractivity contribution in [2.45, 2.75) is 6.54 Å². The Morgan fingerprint density at radius 3 is 2.63 bits per heavy atom. The van der Waals surface area contributed by atoms with Crippen LogP contribution < -0.4 is 5.32 Å². The SMILES string of the molecule is Cn1ccc2cc(NCc3ccc(Cl)cc3)ccc21. The van der Waals surface area contributed by atoms with Crippen LogP contribution in [0.5, 0.6) is 0 Å². The van der Waals surface area contributed by atoms with Crippen molar-refractivity contribution in [1.82, 2.24) is 4.57 Å². The number of hydrogen-bond donors (Lipinski definition) is 1. The molecule has 19 heavy (non-hydrogen) atoms. The van der Waals surface area contributed by atoms with Crippen molar-refractivity contribution in [3.05, 3.63) is 65.3 Å². The third-order valence-corrected chi connectivity index (χ3v) is 3.55. The third-order valence-electron chi connectivity index (χ3n) is 3.30. The molecule has 3 heteroatoms. The summed E-state index contributed by atoms with van der Waals surface area (Å²) in [5.74, 6) is 0. The van der Waals surface area contributed by atoms with Crippen molar-refractivity contribution in [3.63, 3.8) is 0 Å². The minimum Gasteiger partial charge on any atom is -0.381 e. The summed E-state index contributed by atoms with van der Waals surface area (Å²) in [5.41, 5.74) is 3.60. The van der Waals surface area contributed by atoms with E-state index in [1.807, 2.05) is 24.3 Å². The third kappa shape index (κ3) is 2.59. The van der Waals surface area contributed by atoms with E-state index in [-0.39, 0.29) is 0 Å². The molecule has 3 aromatic rings. The first-order chi connectivity index (χ1) is 9.22. The minimum atomic E-state index is 0.773. The van der Waals surface area contributed by atoms with Gasteiger partial charge in [-0.2, -0.15) is 0 Å². The second kappa shape index (κ2) is 4.98. The van der Waals surface area contributed by atoms with Gasteiger partial charge in [0.1, 0.15) is 0 Å². The number of anilines is 1. The first kappa shape index (κ1) is 12.1. The highest BCUT2D eigenvalue weighted by atomic mass is 35.5. The van der Waals surface area contributed by atoms with Crippen molar-refractivity contribution < 1.29 is 0 Å². The molecule has 0 unspecified atom stereocenters. The van der Waals surface area contributed by atoms with Crippen molar-refractivity contribution in [3.8, 4) is 0 Å². The Labute approximate surface area is 117 Å². The van der Waals surface area contributed by atoms with Crippen LogP contribution in [-0.4, -0.2) is 4.57 Å². The van der Waals surface area contributed by atoms with Gasteiger partial charge in [-0.15, -0.1) is 0 Å². The largest absolute Gasteiger partial charge is 0.381 e. The number of fused-ring (bicyclic) bond motifs is 1. The average Bonchev–Trinajstić information content (AvgIpc) is 2.79. The van der Waals surface area contributed by atoms with E-state index in [2.05, 4.69) is 47.4 Å². The summed E-state index contributed by atoms with van der Waals surface area (Å²) in [5, 5.41) is 5.46. The van der Waals surface area contributed by atoms with Gasteiger partial charge in [-0.1, -0.05) is 23.7 Å². The van der Waals surface area contributed by atoms with Gasteiger partial charge in [0.15, 0.2) is 0 Å². The summed E-state index contributed by atoms with van der Waals surface area (Å²) in [7, 11) is 2.06. The van der Waals surface area contributed by atoms with E-state index in [0.29, 0.717) is 0 Å². The summed E-state index contributed by atoms with van der Waals surface area (Å²) >= 11 is 5.87. The number of rotatable bonds is 3. The fourth-order valence-corrected chi connectivity index (χ4v) is 2.32. The van der Waals surface area contributed by atoms with E-state index in [1.54, 1.807) is 0 Å². The summed E-state index contributed by atoms with van der Waals surface area (Å²) in [6.07, 6.45) is 2.08. The Morgan fingerprint density at radius 1 is 1.05 bits per heavy atom. The van der Waals surface area contributed by atoms with Crippen molar-refractivity contribution in [2.75, 3.05) is 5.32 Å². The molecule has 1 N–H and O–H groups in total. The summed E-state index contributed by atoms with van der Waals surface area (Å²) in [4.78, 5) is 0. The van der Waals surface area contributed by atoms with E-state index in [4.69, 9.17) is 11.6 Å². The molecule has 0 atom stereocenters. The Kier molecular flexibility index (Phi) is 3.18. The van der Waals surface area contributed by atoms with Crippen molar-refractivity contribution >= 4 is 28.2 Å². The molecular weight excluding hydrogens is 256 g/mol. The zero-order valence-corrected chi connectivity index (χ0v) is 11.5. The summed E-state index contributed by atoms with van der Waals surface area (Å²) in [6.45, 7) is 0.801. The Morgan fingerprint density at radius 2 is 1.84 bits per heavy atom. The van der Waals surface area contributed by atoms with Crippen LogP contribution in [0.4, 0.5) is 5.69 Å². The highest BCUT2D eigenvalue weighted by Crippen LogP contribution is 2.20. The first-order valence-corrected chi connectivity index (χ1v) is 6.63. The lowest BCUT2D eigenvalue weighted by Crippen LogP contribution is -1.98. The lowest BCUT2D eigenvalue weighted by molar-refractivity contribution is 0.969. The molecule has 2 nitrogen and oxygen atoms in total. The molecule has 0 saturated carbocycles. The monoisotopic (exact) mass is 270 g/mol.